The minimum atomic E-state index is -3.98. The Balaban J connectivity index is 0. The van der Waals surface area contributed by atoms with E-state index in [0.29, 0.717) is 0 Å². The summed E-state index contributed by atoms with van der Waals surface area (Å²) < 4.78 is 9.73. The van der Waals surface area contributed by atoms with Gasteiger partial charge in [-0.05, 0) is 0 Å². The normalized spacial score (nSPS) is 10.4. The molecule has 2 N–H and O–H groups in total. The summed E-state index contributed by atoms with van der Waals surface area (Å²) in [6.45, 7) is -0.704. The molecule has 0 saturated carbocycles. The van der Waals surface area contributed by atoms with Gasteiger partial charge in [-0.1, -0.05) is 0 Å². The molecule has 0 aliphatic heterocycles. The maximum atomic E-state index is 9.73. The van der Waals surface area contributed by atoms with E-state index in [1.807, 2.05) is 0 Å². The Morgan fingerprint density at radius 3 is 1.88 bits per heavy atom. The first-order chi connectivity index (χ1) is 3.06. The predicted molar refractivity (Wildman–Crippen MR) is 21.8 cm³/mol. The zero-order valence-electron chi connectivity index (χ0n) is 4.57. The second-order valence-electron chi connectivity index (χ2n) is 1.09. The van der Waals surface area contributed by atoms with E-state index in [0.717, 1.165) is 0 Å². The van der Waals surface area contributed by atoms with Crippen molar-refractivity contribution in [3.05, 3.63) is 0 Å². The zero-order chi connectivity index (χ0) is 5.91. The molecule has 6 heteroatoms. The van der Waals surface area contributed by atoms with Crippen LogP contribution in [-0.2, 0) is 4.57 Å². The summed E-state index contributed by atoms with van der Waals surface area (Å²) in [6, 6.07) is 0. The molecule has 0 fully saturated rings. The van der Waals surface area contributed by atoms with Gasteiger partial charge in [0.25, 0.3) is 0 Å². The third kappa shape index (κ3) is 10.2. The summed E-state index contributed by atoms with van der Waals surface area (Å²) in [7, 11) is -3.98. The average Bonchev–Trinajstić information content (AvgIpc) is 1.30. The van der Waals surface area contributed by atoms with Crippen molar-refractivity contribution in [2.75, 3.05) is 12.8 Å². The SMILES string of the molecule is O=P(O)(O)CC[O-].[Na+]. The van der Waals surface area contributed by atoms with Crippen LogP contribution in [0.1, 0.15) is 0 Å². The molecule has 4 nitrogen and oxygen atoms in total. The third-order valence-corrected chi connectivity index (χ3v) is 1.15. The first-order valence-corrected chi connectivity index (χ1v) is 3.49. The Bertz CT molecular complexity index is 88.0. The maximum absolute atomic E-state index is 9.73. The molecule has 0 bridgehead atoms. The van der Waals surface area contributed by atoms with Gasteiger partial charge in [0.2, 0.25) is 0 Å². The first kappa shape index (κ1) is 11.9. The first-order valence-electron chi connectivity index (χ1n) is 1.69. The quantitative estimate of drug-likeness (QED) is 0.305. The molecule has 0 rings (SSSR count). The standard InChI is InChI=1S/C2H6O4P.Na/c3-1-2-7(4,5)6;/h1-2H2,(H2,4,5,6);/q-1;+1. The van der Waals surface area contributed by atoms with Gasteiger partial charge in [-0.2, -0.15) is 0 Å². The van der Waals surface area contributed by atoms with Crippen molar-refractivity contribution in [1.29, 1.82) is 0 Å². The van der Waals surface area contributed by atoms with Crippen LogP contribution in [0, 0.1) is 0 Å². The average molecular weight is 148 g/mol. The minimum absolute atomic E-state index is 0. The molecule has 0 aromatic rings. The Kier molecular flexibility index (Phi) is 7.32. The van der Waals surface area contributed by atoms with Crippen molar-refractivity contribution in [3.8, 4) is 0 Å². The van der Waals surface area contributed by atoms with E-state index in [4.69, 9.17) is 9.79 Å². The fraction of sp³-hybridized carbons (Fsp3) is 1.00. The third-order valence-electron chi connectivity index (χ3n) is 0.383. The summed E-state index contributed by atoms with van der Waals surface area (Å²) in [4.78, 5) is 15.9. The second-order valence-corrected chi connectivity index (χ2v) is 2.87. The molecule has 0 unspecified atom stereocenters. The van der Waals surface area contributed by atoms with E-state index in [-0.39, 0.29) is 29.6 Å². The van der Waals surface area contributed by atoms with Crippen LogP contribution < -0.4 is 34.7 Å². The van der Waals surface area contributed by atoms with Gasteiger partial charge in [0, 0.05) is 6.16 Å². The van der Waals surface area contributed by atoms with Gasteiger partial charge in [-0.3, -0.25) is 4.57 Å². The summed E-state index contributed by atoms with van der Waals surface area (Å²) in [6.07, 6.45) is -0.549. The van der Waals surface area contributed by atoms with Crippen LogP contribution in [0.4, 0.5) is 0 Å². The van der Waals surface area contributed by atoms with Gasteiger partial charge in [-0.15, -0.1) is 6.61 Å². The molecule has 0 atom stereocenters. The van der Waals surface area contributed by atoms with E-state index < -0.39 is 20.4 Å². The van der Waals surface area contributed by atoms with Gasteiger partial charge in [0.1, 0.15) is 0 Å². The number of rotatable bonds is 2. The van der Waals surface area contributed by atoms with Gasteiger partial charge in [0.15, 0.2) is 0 Å². The molecule has 0 aliphatic rings. The maximum Gasteiger partial charge on any atom is 1.00 e. The van der Waals surface area contributed by atoms with Crippen molar-refractivity contribution in [2.45, 2.75) is 0 Å². The summed E-state index contributed by atoms with van der Waals surface area (Å²) in [5, 5.41) is 9.45. The van der Waals surface area contributed by atoms with Crippen molar-refractivity contribution < 1.29 is 49.0 Å². The largest absolute Gasteiger partial charge is 1.00 e. The van der Waals surface area contributed by atoms with E-state index in [1.54, 1.807) is 0 Å². The van der Waals surface area contributed by atoms with Crippen LogP contribution in [0.5, 0.6) is 0 Å². The van der Waals surface area contributed by atoms with E-state index in [2.05, 4.69) is 0 Å². The molecule has 0 spiro atoms. The Morgan fingerprint density at radius 2 is 1.88 bits per heavy atom. The van der Waals surface area contributed by atoms with Crippen LogP contribution in [0.2, 0.25) is 0 Å². The van der Waals surface area contributed by atoms with Gasteiger partial charge in [0.05, 0.1) is 0 Å². The minimum Gasteiger partial charge on any atom is -0.854 e. The van der Waals surface area contributed by atoms with E-state index in [1.165, 1.54) is 0 Å². The number of hydrogen-bond donors (Lipinski definition) is 2. The van der Waals surface area contributed by atoms with Crippen LogP contribution in [0.25, 0.3) is 0 Å². The molecule has 0 amide bonds. The molecule has 0 saturated heterocycles. The molecule has 0 radical (unpaired) electrons. The van der Waals surface area contributed by atoms with Gasteiger partial charge >= 0.3 is 37.2 Å². The molecule has 0 aromatic carbocycles. The molecule has 8 heavy (non-hydrogen) atoms. The van der Waals surface area contributed by atoms with Crippen LogP contribution >= 0.6 is 7.60 Å². The summed E-state index contributed by atoms with van der Waals surface area (Å²) in [5.41, 5.74) is 0. The summed E-state index contributed by atoms with van der Waals surface area (Å²) in [5.74, 6) is 0. The Morgan fingerprint density at radius 1 is 1.50 bits per heavy atom. The van der Waals surface area contributed by atoms with Gasteiger partial charge in [-0.25, -0.2) is 0 Å². The van der Waals surface area contributed by atoms with Crippen LogP contribution in [0.15, 0.2) is 0 Å². The predicted octanol–water partition coefficient (Wildman–Crippen LogP) is -4.47. The molecule has 0 heterocycles. The molecule has 0 aliphatic carbocycles. The monoisotopic (exact) mass is 148 g/mol. The van der Waals surface area contributed by atoms with Crippen molar-refractivity contribution >= 4 is 7.60 Å². The van der Waals surface area contributed by atoms with Crippen LogP contribution in [0.3, 0.4) is 0 Å². The molecule has 44 valence electrons. The molecular weight excluding hydrogens is 142 g/mol. The topological polar surface area (TPSA) is 80.6 Å². The second kappa shape index (κ2) is 4.94. The summed E-state index contributed by atoms with van der Waals surface area (Å²) >= 11 is 0. The van der Waals surface area contributed by atoms with Crippen LogP contribution in [-0.4, -0.2) is 22.6 Å². The Hall–Kier alpha value is 1.11. The molecule has 0 aromatic heterocycles. The van der Waals surface area contributed by atoms with E-state index >= 15 is 0 Å². The fourth-order valence-corrected chi connectivity index (χ4v) is 0.357. The number of hydrogen-bond acceptors (Lipinski definition) is 2. The van der Waals surface area contributed by atoms with Crippen molar-refractivity contribution in [3.63, 3.8) is 0 Å². The van der Waals surface area contributed by atoms with Crippen molar-refractivity contribution in [2.24, 2.45) is 0 Å². The zero-order valence-corrected chi connectivity index (χ0v) is 7.47. The van der Waals surface area contributed by atoms with Crippen molar-refractivity contribution in [1.82, 2.24) is 0 Å². The fourth-order valence-electron chi connectivity index (χ4n) is 0.119. The molecular formula is C2H6NaO4P. The Labute approximate surface area is 69.4 Å². The van der Waals surface area contributed by atoms with E-state index in [9.17, 15) is 9.67 Å². The smallest absolute Gasteiger partial charge is 0.854 e. The van der Waals surface area contributed by atoms with Gasteiger partial charge < -0.3 is 14.9 Å².